The second kappa shape index (κ2) is 3.95. The molecule has 0 saturated heterocycles. The van der Waals surface area contributed by atoms with Gasteiger partial charge in [-0.2, -0.15) is 0 Å². The van der Waals surface area contributed by atoms with Crippen LogP contribution in [0.15, 0.2) is 12.1 Å². The summed E-state index contributed by atoms with van der Waals surface area (Å²) in [5, 5.41) is 8.44. The lowest BCUT2D eigenvalue weighted by atomic mass is 10.2. The maximum absolute atomic E-state index is 12.6. The second-order valence-corrected chi connectivity index (χ2v) is 2.62. The zero-order valence-electron chi connectivity index (χ0n) is 7.31. The molecule has 0 spiro atoms. The summed E-state index contributed by atoms with van der Waals surface area (Å²) in [7, 11) is 0. The van der Waals surface area contributed by atoms with Crippen LogP contribution in [0.5, 0.6) is 5.75 Å². The van der Waals surface area contributed by atoms with Gasteiger partial charge in [-0.25, -0.2) is 13.6 Å². The Balaban J connectivity index is 3.25. The van der Waals surface area contributed by atoms with Gasteiger partial charge in [0.25, 0.3) is 0 Å². The highest BCUT2D eigenvalue weighted by atomic mass is 19.4. The predicted molar refractivity (Wildman–Crippen MR) is 40.0 cm³/mol. The van der Waals surface area contributed by atoms with Gasteiger partial charge in [0.2, 0.25) is 0 Å². The molecular formula is C8H3F5O3. The largest absolute Gasteiger partial charge is 0.573 e. The van der Waals surface area contributed by atoms with Crippen molar-refractivity contribution in [3.63, 3.8) is 0 Å². The Bertz CT molecular complexity index is 426. The average molecular weight is 242 g/mol. The standard InChI is InChI=1S/C8H3F5O3/c9-4-1-3(7(14)15)6(2-5(4)10)16-8(11,12)13/h1-2H,(H,14,15). The van der Waals surface area contributed by atoms with Crippen molar-refractivity contribution >= 4 is 5.97 Å². The van der Waals surface area contributed by atoms with Crippen LogP contribution < -0.4 is 4.74 Å². The molecular weight excluding hydrogens is 239 g/mol. The van der Waals surface area contributed by atoms with Gasteiger partial charge in [0.1, 0.15) is 11.3 Å². The monoisotopic (exact) mass is 242 g/mol. The summed E-state index contributed by atoms with van der Waals surface area (Å²) in [4.78, 5) is 10.4. The number of ether oxygens (including phenoxy) is 1. The van der Waals surface area contributed by atoms with Crippen molar-refractivity contribution in [2.45, 2.75) is 6.36 Å². The molecule has 0 fully saturated rings. The van der Waals surface area contributed by atoms with Crippen molar-refractivity contribution in [3.05, 3.63) is 29.3 Å². The molecule has 0 atom stereocenters. The number of aromatic carboxylic acids is 1. The molecule has 0 unspecified atom stereocenters. The third-order valence-corrected chi connectivity index (χ3v) is 1.48. The maximum atomic E-state index is 12.6. The third-order valence-electron chi connectivity index (χ3n) is 1.48. The minimum absolute atomic E-state index is 0.0201. The summed E-state index contributed by atoms with van der Waals surface area (Å²) in [6.45, 7) is 0. The zero-order valence-corrected chi connectivity index (χ0v) is 7.31. The molecule has 88 valence electrons. The van der Waals surface area contributed by atoms with Gasteiger partial charge < -0.3 is 9.84 Å². The Morgan fingerprint density at radius 2 is 1.69 bits per heavy atom. The van der Waals surface area contributed by atoms with Crippen LogP contribution in [0.1, 0.15) is 10.4 Å². The van der Waals surface area contributed by atoms with E-state index in [0.717, 1.165) is 0 Å². The molecule has 1 rings (SSSR count). The van der Waals surface area contributed by atoms with Gasteiger partial charge in [0.15, 0.2) is 11.6 Å². The lowest BCUT2D eigenvalue weighted by Gasteiger charge is -2.11. The van der Waals surface area contributed by atoms with Crippen LogP contribution >= 0.6 is 0 Å². The van der Waals surface area contributed by atoms with E-state index in [1.165, 1.54) is 0 Å². The molecule has 0 heterocycles. The van der Waals surface area contributed by atoms with E-state index in [1.807, 2.05) is 0 Å². The molecule has 1 N–H and O–H groups in total. The van der Waals surface area contributed by atoms with E-state index in [0.29, 0.717) is 0 Å². The van der Waals surface area contributed by atoms with Gasteiger partial charge in [-0.1, -0.05) is 0 Å². The molecule has 0 bridgehead atoms. The topological polar surface area (TPSA) is 46.5 Å². The lowest BCUT2D eigenvalue weighted by Crippen LogP contribution is -2.19. The minimum Gasteiger partial charge on any atom is -0.478 e. The first-order valence-electron chi connectivity index (χ1n) is 3.69. The summed E-state index contributed by atoms with van der Waals surface area (Å²) < 4.78 is 63.8. The molecule has 0 radical (unpaired) electrons. The average Bonchev–Trinajstić information content (AvgIpc) is 2.07. The van der Waals surface area contributed by atoms with Gasteiger partial charge in [0, 0.05) is 6.07 Å². The normalized spacial score (nSPS) is 11.3. The van der Waals surface area contributed by atoms with Crippen molar-refractivity contribution < 1.29 is 36.6 Å². The molecule has 3 nitrogen and oxygen atoms in total. The predicted octanol–water partition coefficient (Wildman–Crippen LogP) is 2.56. The number of carboxylic acid groups (broad SMARTS) is 1. The number of rotatable bonds is 2. The van der Waals surface area contributed by atoms with E-state index in [2.05, 4.69) is 4.74 Å². The molecule has 0 saturated carbocycles. The molecule has 16 heavy (non-hydrogen) atoms. The fraction of sp³-hybridized carbons (Fsp3) is 0.125. The smallest absolute Gasteiger partial charge is 0.478 e. The molecule has 0 aliphatic rings. The van der Waals surface area contributed by atoms with E-state index in [1.54, 1.807) is 0 Å². The molecule has 0 amide bonds. The van der Waals surface area contributed by atoms with Gasteiger partial charge in [-0.15, -0.1) is 13.2 Å². The molecule has 1 aromatic rings. The van der Waals surface area contributed by atoms with Gasteiger partial charge >= 0.3 is 12.3 Å². The van der Waals surface area contributed by atoms with Crippen LogP contribution in [-0.2, 0) is 0 Å². The van der Waals surface area contributed by atoms with Crippen molar-refractivity contribution in [2.75, 3.05) is 0 Å². The number of hydrogen-bond donors (Lipinski definition) is 1. The highest BCUT2D eigenvalue weighted by Gasteiger charge is 2.33. The first-order valence-corrected chi connectivity index (χ1v) is 3.69. The number of carbonyl (C=O) groups is 1. The number of halogens is 5. The Morgan fingerprint density at radius 3 is 2.12 bits per heavy atom. The molecule has 0 aliphatic carbocycles. The van der Waals surface area contributed by atoms with Crippen LogP contribution in [0.3, 0.4) is 0 Å². The zero-order chi connectivity index (χ0) is 12.5. The molecule has 8 heteroatoms. The van der Waals surface area contributed by atoms with Crippen molar-refractivity contribution in [3.8, 4) is 5.75 Å². The van der Waals surface area contributed by atoms with Crippen LogP contribution in [0, 0.1) is 11.6 Å². The number of alkyl halides is 3. The summed E-state index contributed by atoms with van der Waals surface area (Å²) in [6, 6.07) is 0.130. The number of hydrogen-bond acceptors (Lipinski definition) is 2. The van der Waals surface area contributed by atoms with E-state index >= 15 is 0 Å². The first-order chi connectivity index (χ1) is 7.20. The Kier molecular flexibility index (Phi) is 3.02. The van der Waals surface area contributed by atoms with E-state index < -0.39 is 35.3 Å². The van der Waals surface area contributed by atoms with Crippen LogP contribution in [0.25, 0.3) is 0 Å². The SMILES string of the molecule is O=C(O)c1cc(F)c(F)cc1OC(F)(F)F. The quantitative estimate of drug-likeness (QED) is 0.810. The van der Waals surface area contributed by atoms with Crippen LogP contribution in [0.2, 0.25) is 0 Å². The summed E-state index contributed by atoms with van der Waals surface area (Å²) in [5.74, 6) is -6.38. The Hall–Kier alpha value is -1.86. The first kappa shape index (κ1) is 12.2. The lowest BCUT2D eigenvalue weighted by molar-refractivity contribution is -0.274. The summed E-state index contributed by atoms with van der Waals surface area (Å²) in [6.07, 6.45) is -5.19. The van der Waals surface area contributed by atoms with Crippen LogP contribution in [0.4, 0.5) is 22.0 Å². The van der Waals surface area contributed by atoms with Crippen molar-refractivity contribution in [2.24, 2.45) is 0 Å². The van der Waals surface area contributed by atoms with Gasteiger partial charge in [-0.05, 0) is 6.07 Å². The minimum atomic E-state index is -5.19. The van der Waals surface area contributed by atoms with E-state index in [-0.39, 0.29) is 12.1 Å². The number of carboxylic acids is 1. The highest BCUT2D eigenvalue weighted by Crippen LogP contribution is 2.28. The van der Waals surface area contributed by atoms with Gasteiger partial charge in [0.05, 0.1) is 0 Å². The van der Waals surface area contributed by atoms with Crippen molar-refractivity contribution in [1.29, 1.82) is 0 Å². The fourth-order valence-corrected chi connectivity index (χ4v) is 0.905. The fourth-order valence-electron chi connectivity index (χ4n) is 0.905. The Labute approximate surface area is 85.1 Å². The summed E-state index contributed by atoms with van der Waals surface area (Å²) in [5.41, 5.74) is -1.11. The van der Waals surface area contributed by atoms with Crippen molar-refractivity contribution in [1.82, 2.24) is 0 Å². The highest BCUT2D eigenvalue weighted by molar-refractivity contribution is 5.90. The third kappa shape index (κ3) is 2.81. The van der Waals surface area contributed by atoms with Crippen LogP contribution in [-0.4, -0.2) is 17.4 Å². The second-order valence-electron chi connectivity index (χ2n) is 2.62. The van der Waals surface area contributed by atoms with E-state index in [4.69, 9.17) is 5.11 Å². The van der Waals surface area contributed by atoms with Gasteiger partial charge in [-0.3, -0.25) is 0 Å². The molecule has 0 aromatic heterocycles. The molecule has 1 aromatic carbocycles. The summed E-state index contributed by atoms with van der Waals surface area (Å²) >= 11 is 0. The Morgan fingerprint density at radius 1 is 1.19 bits per heavy atom. The molecule has 0 aliphatic heterocycles. The van der Waals surface area contributed by atoms with E-state index in [9.17, 15) is 26.7 Å². The maximum Gasteiger partial charge on any atom is 0.573 e. The number of benzene rings is 1.